The molecule has 0 bridgehead atoms. The van der Waals surface area contributed by atoms with Gasteiger partial charge in [0.15, 0.2) is 0 Å². The van der Waals surface area contributed by atoms with Gasteiger partial charge in [0, 0.05) is 23.9 Å². The van der Waals surface area contributed by atoms with Crippen LogP contribution in [0.3, 0.4) is 0 Å². The quantitative estimate of drug-likeness (QED) is 0.714. The van der Waals surface area contributed by atoms with Gasteiger partial charge in [-0.2, -0.15) is 0 Å². The molecule has 0 aliphatic heterocycles. The van der Waals surface area contributed by atoms with E-state index < -0.39 is 10.0 Å². The molecular weight excluding hydrogens is 392 g/mol. The summed E-state index contributed by atoms with van der Waals surface area (Å²) in [6.07, 6.45) is 6.51. The molecule has 4 rings (SSSR count). The van der Waals surface area contributed by atoms with Gasteiger partial charge in [-0.15, -0.1) is 11.3 Å². The van der Waals surface area contributed by atoms with Gasteiger partial charge in [-0.1, -0.05) is 12.1 Å². The Hall–Kier alpha value is -1.70. The average Bonchev–Trinajstić information content (AvgIpc) is 3.40. The number of carbonyl (C=O) groups is 1. The first kappa shape index (κ1) is 19.6. The smallest absolute Gasteiger partial charge is 0.240 e. The summed E-state index contributed by atoms with van der Waals surface area (Å²) in [5, 5.41) is 2.01. The Labute approximate surface area is 170 Å². The minimum Gasteiger partial charge on any atom is -0.335 e. The largest absolute Gasteiger partial charge is 0.335 e. The summed E-state index contributed by atoms with van der Waals surface area (Å²) in [5.41, 5.74) is 2.40. The Kier molecular flexibility index (Phi) is 5.85. The van der Waals surface area contributed by atoms with Gasteiger partial charge >= 0.3 is 0 Å². The highest BCUT2D eigenvalue weighted by atomic mass is 32.2. The molecule has 5 nitrogen and oxygen atoms in total. The van der Waals surface area contributed by atoms with Crippen LogP contribution in [0.1, 0.15) is 48.1 Å². The number of nitrogens with one attached hydrogen (secondary N) is 1. The van der Waals surface area contributed by atoms with Crippen molar-refractivity contribution in [3.05, 3.63) is 51.7 Å². The summed E-state index contributed by atoms with van der Waals surface area (Å²) in [6.45, 7) is 0.755. The molecule has 1 aromatic heterocycles. The third-order valence-electron chi connectivity index (χ3n) is 5.48. The standard InChI is InChI=1S/C21H26N2O3S2/c24-21(23(18-8-9-18)15-19-6-3-13-27-19)11-12-22-28(25,26)20-10-7-16-4-1-2-5-17(16)14-20/h3,6-7,10,13-14,18,22H,1-2,4-5,8-9,11-12,15H2. The van der Waals surface area contributed by atoms with Crippen LogP contribution in [0.25, 0.3) is 0 Å². The van der Waals surface area contributed by atoms with E-state index in [4.69, 9.17) is 0 Å². The van der Waals surface area contributed by atoms with Crippen molar-refractivity contribution in [3.8, 4) is 0 Å². The van der Waals surface area contributed by atoms with Crippen molar-refractivity contribution < 1.29 is 13.2 Å². The van der Waals surface area contributed by atoms with Gasteiger partial charge in [-0.05, 0) is 73.2 Å². The highest BCUT2D eigenvalue weighted by molar-refractivity contribution is 7.89. The summed E-state index contributed by atoms with van der Waals surface area (Å²) >= 11 is 1.64. The lowest BCUT2D eigenvalue weighted by Gasteiger charge is -2.22. The number of amides is 1. The van der Waals surface area contributed by atoms with E-state index in [0.717, 1.165) is 42.5 Å². The summed E-state index contributed by atoms with van der Waals surface area (Å²) in [5.74, 6) is 0.0176. The van der Waals surface area contributed by atoms with Crippen LogP contribution in [0.15, 0.2) is 40.6 Å². The van der Waals surface area contributed by atoms with E-state index in [0.29, 0.717) is 17.5 Å². The zero-order valence-corrected chi connectivity index (χ0v) is 17.5. The second-order valence-electron chi connectivity index (χ2n) is 7.62. The fourth-order valence-corrected chi connectivity index (χ4v) is 5.56. The Morgan fingerprint density at radius 1 is 1.14 bits per heavy atom. The first-order valence-electron chi connectivity index (χ1n) is 9.96. The van der Waals surface area contributed by atoms with Crippen molar-refractivity contribution in [2.75, 3.05) is 6.54 Å². The van der Waals surface area contributed by atoms with Crippen LogP contribution in [0.4, 0.5) is 0 Å². The predicted molar refractivity (Wildman–Crippen MR) is 111 cm³/mol. The Balaban J connectivity index is 1.35. The number of hydrogen-bond acceptors (Lipinski definition) is 4. The number of sulfonamides is 1. The molecule has 28 heavy (non-hydrogen) atoms. The van der Waals surface area contributed by atoms with Crippen molar-refractivity contribution in [1.82, 2.24) is 9.62 Å². The maximum Gasteiger partial charge on any atom is 0.240 e. The number of benzene rings is 1. The van der Waals surface area contributed by atoms with Gasteiger partial charge < -0.3 is 4.90 Å². The predicted octanol–water partition coefficient (Wildman–Crippen LogP) is 3.49. The lowest BCUT2D eigenvalue weighted by molar-refractivity contribution is -0.132. The fraction of sp³-hybridized carbons (Fsp3) is 0.476. The maximum atomic E-state index is 12.7. The molecule has 0 radical (unpaired) electrons. The van der Waals surface area contributed by atoms with E-state index in [-0.39, 0.29) is 18.9 Å². The number of fused-ring (bicyclic) bond motifs is 1. The zero-order valence-electron chi connectivity index (χ0n) is 15.9. The van der Waals surface area contributed by atoms with Gasteiger partial charge in [0.05, 0.1) is 11.4 Å². The normalized spacial score (nSPS) is 16.6. The van der Waals surface area contributed by atoms with Crippen LogP contribution in [0.2, 0.25) is 0 Å². The van der Waals surface area contributed by atoms with E-state index in [1.54, 1.807) is 23.5 Å². The number of thiophene rings is 1. The molecule has 2 aromatic rings. The molecule has 2 aliphatic carbocycles. The van der Waals surface area contributed by atoms with Crippen molar-refractivity contribution >= 4 is 27.3 Å². The molecule has 1 N–H and O–H groups in total. The molecule has 0 atom stereocenters. The van der Waals surface area contributed by atoms with Crippen LogP contribution in [0, 0.1) is 0 Å². The number of rotatable bonds is 8. The SMILES string of the molecule is O=C(CCNS(=O)(=O)c1ccc2c(c1)CCCC2)N(Cc1cccs1)C1CC1. The molecule has 1 aromatic carbocycles. The third kappa shape index (κ3) is 4.64. The minimum absolute atomic E-state index is 0.0176. The molecule has 2 aliphatic rings. The van der Waals surface area contributed by atoms with E-state index in [2.05, 4.69) is 4.72 Å². The van der Waals surface area contributed by atoms with Crippen LogP contribution in [-0.2, 0) is 34.2 Å². The van der Waals surface area contributed by atoms with E-state index in [1.807, 2.05) is 28.5 Å². The monoisotopic (exact) mass is 418 g/mol. The summed E-state index contributed by atoms with van der Waals surface area (Å²) in [4.78, 5) is 16.0. The second kappa shape index (κ2) is 8.35. The summed E-state index contributed by atoms with van der Waals surface area (Å²) < 4.78 is 27.9. The first-order chi connectivity index (χ1) is 13.5. The molecule has 1 heterocycles. The van der Waals surface area contributed by atoms with Crippen molar-refractivity contribution in [2.45, 2.75) is 62.4 Å². The third-order valence-corrected chi connectivity index (χ3v) is 7.80. The zero-order chi connectivity index (χ0) is 19.6. The molecular formula is C21H26N2O3S2. The highest BCUT2D eigenvalue weighted by Crippen LogP contribution is 2.30. The molecule has 0 unspecified atom stereocenters. The van der Waals surface area contributed by atoms with E-state index in [9.17, 15) is 13.2 Å². The van der Waals surface area contributed by atoms with Crippen molar-refractivity contribution in [1.29, 1.82) is 0 Å². The first-order valence-corrected chi connectivity index (χ1v) is 12.3. The number of aryl methyl sites for hydroxylation is 2. The van der Waals surface area contributed by atoms with Crippen LogP contribution in [-0.4, -0.2) is 31.8 Å². The average molecular weight is 419 g/mol. The Morgan fingerprint density at radius 3 is 2.64 bits per heavy atom. The number of hydrogen-bond donors (Lipinski definition) is 1. The van der Waals surface area contributed by atoms with Gasteiger partial charge in [0.1, 0.15) is 0 Å². The summed E-state index contributed by atoms with van der Waals surface area (Å²) in [7, 11) is -3.59. The van der Waals surface area contributed by atoms with Crippen molar-refractivity contribution in [3.63, 3.8) is 0 Å². The molecule has 1 amide bonds. The lowest BCUT2D eigenvalue weighted by Crippen LogP contribution is -2.35. The molecule has 0 spiro atoms. The van der Waals surface area contributed by atoms with Gasteiger partial charge in [0.2, 0.25) is 15.9 Å². The second-order valence-corrected chi connectivity index (χ2v) is 10.4. The molecule has 150 valence electrons. The molecule has 0 saturated heterocycles. The van der Waals surface area contributed by atoms with Crippen LogP contribution in [0.5, 0.6) is 0 Å². The Bertz CT molecular complexity index is 935. The van der Waals surface area contributed by atoms with Gasteiger partial charge in [-0.3, -0.25) is 4.79 Å². The Morgan fingerprint density at radius 2 is 1.93 bits per heavy atom. The fourth-order valence-electron chi connectivity index (χ4n) is 3.77. The van der Waals surface area contributed by atoms with E-state index >= 15 is 0 Å². The van der Waals surface area contributed by atoms with E-state index in [1.165, 1.54) is 12.0 Å². The minimum atomic E-state index is -3.59. The molecule has 7 heteroatoms. The van der Waals surface area contributed by atoms with Gasteiger partial charge in [-0.25, -0.2) is 13.1 Å². The van der Waals surface area contributed by atoms with Crippen LogP contribution >= 0.6 is 11.3 Å². The number of carbonyl (C=O) groups excluding carboxylic acids is 1. The van der Waals surface area contributed by atoms with Crippen molar-refractivity contribution in [2.24, 2.45) is 0 Å². The van der Waals surface area contributed by atoms with Crippen LogP contribution < -0.4 is 4.72 Å². The highest BCUT2D eigenvalue weighted by Gasteiger charge is 2.32. The number of nitrogens with zero attached hydrogens (tertiary/aromatic N) is 1. The molecule has 1 fully saturated rings. The maximum absolute atomic E-state index is 12.7. The molecule has 1 saturated carbocycles. The van der Waals surface area contributed by atoms with Gasteiger partial charge in [0.25, 0.3) is 0 Å². The lowest BCUT2D eigenvalue weighted by atomic mass is 9.92. The summed E-state index contributed by atoms with van der Waals surface area (Å²) in [6, 6.07) is 9.75. The topological polar surface area (TPSA) is 66.5 Å².